The Bertz CT molecular complexity index is 558. The van der Waals surface area contributed by atoms with Crippen LogP contribution in [0.3, 0.4) is 0 Å². The van der Waals surface area contributed by atoms with E-state index in [0.717, 1.165) is 5.69 Å². The lowest BCUT2D eigenvalue weighted by molar-refractivity contribution is -0.120. The van der Waals surface area contributed by atoms with Crippen molar-refractivity contribution in [2.75, 3.05) is 30.5 Å². The van der Waals surface area contributed by atoms with Crippen LogP contribution in [0.15, 0.2) is 18.2 Å². The first-order chi connectivity index (χ1) is 9.08. The van der Waals surface area contributed by atoms with Crippen molar-refractivity contribution in [3.05, 3.63) is 23.8 Å². The monoisotopic (exact) mass is 262 g/mol. The summed E-state index contributed by atoms with van der Waals surface area (Å²) in [6, 6.07) is 4.75. The summed E-state index contributed by atoms with van der Waals surface area (Å²) in [5.41, 5.74) is 1.52. The largest absolute Gasteiger partial charge is 0.478 e. The predicted octanol–water partition coefficient (Wildman–Crippen LogP) is 0.788. The van der Waals surface area contributed by atoms with E-state index in [-0.39, 0.29) is 23.4 Å². The van der Waals surface area contributed by atoms with Gasteiger partial charge in [-0.05, 0) is 18.2 Å². The molecule has 1 aromatic carbocycles. The van der Waals surface area contributed by atoms with Crippen LogP contribution >= 0.6 is 0 Å². The summed E-state index contributed by atoms with van der Waals surface area (Å²) in [4.78, 5) is 25.1. The number of carbonyl (C=O) groups is 2. The smallest absolute Gasteiger partial charge is 0.335 e. The zero-order chi connectivity index (χ0) is 13.6. The average Bonchev–Trinajstić information content (AvgIpc) is 2.83. The maximum Gasteiger partial charge on any atom is 0.335 e. The van der Waals surface area contributed by atoms with E-state index in [4.69, 9.17) is 9.84 Å². The summed E-state index contributed by atoms with van der Waals surface area (Å²) in [5.74, 6) is -1.34. The number of amides is 1. The van der Waals surface area contributed by atoms with Crippen LogP contribution in [0.4, 0.5) is 11.4 Å². The minimum Gasteiger partial charge on any atom is -0.478 e. The number of hydrogen-bond donors (Lipinski definition) is 2. The van der Waals surface area contributed by atoms with Gasteiger partial charge in [-0.1, -0.05) is 0 Å². The van der Waals surface area contributed by atoms with Crippen molar-refractivity contribution < 1.29 is 19.4 Å². The zero-order valence-corrected chi connectivity index (χ0v) is 10.4. The molecule has 2 atom stereocenters. The number of carboxylic acids is 1. The molecule has 1 aromatic rings. The molecule has 2 aliphatic heterocycles. The number of carbonyl (C=O) groups excluding carboxylic acids is 1. The molecule has 0 aliphatic carbocycles. The van der Waals surface area contributed by atoms with Crippen molar-refractivity contribution in [2.24, 2.45) is 5.92 Å². The minimum atomic E-state index is -1.01. The van der Waals surface area contributed by atoms with Gasteiger partial charge >= 0.3 is 5.97 Å². The van der Waals surface area contributed by atoms with Crippen molar-refractivity contribution in [2.45, 2.75) is 6.04 Å². The van der Waals surface area contributed by atoms with Gasteiger partial charge in [0, 0.05) is 7.05 Å². The van der Waals surface area contributed by atoms with Gasteiger partial charge in [0.1, 0.15) is 0 Å². The van der Waals surface area contributed by atoms with Gasteiger partial charge in [0.05, 0.1) is 42.1 Å². The number of likely N-dealkylation sites (N-methyl/N-ethyl adjacent to an activating group) is 1. The number of nitrogens with one attached hydrogen (secondary N) is 1. The van der Waals surface area contributed by atoms with Crippen molar-refractivity contribution in [3.63, 3.8) is 0 Å². The van der Waals surface area contributed by atoms with Crippen LogP contribution in [-0.2, 0) is 9.53 Å². The summed E-state index contributed by atoms with van der Waals surface area (Å²) in [5, 5.41) is 11.8. The van der Waals surface area contributed by atoms with Gasteiger partial charge in [-0.3, -0.25) is 4.79 Å². The van der Waals surface area contributed by atoms with E-state index in [1.54, 1.807) is 12.1 Å². The highest BCUT2D eigenvalue weighted by Crippen LogP contribution is 2.35. The van der Waals surface area contributed by atoms with E-state index in [1.807, 2.05) is 11.9 Å². The molecule has 0 radical (unpaired) electrons. The molecule has 1 amide bonds. The fourth-order valence-electron chi connectivity index (χ4n) is 2.66. The molecule has 1 saturated heterocycles. The number of ether oxygens (including phenoxy) is 1. The molecule has 2 N–H and O–H groups in total. The number of nitrogens with zero attached hydrogens (tertiary/aromatic N) is 1. The van der Waals surface area contributed by atoms with Gasteiger partial charge in [-0.2, -0.15) is 0 Å². The van der Waals surface area contributed by atoms with Crippen molar-refractivity contribution in [1.29, 1.82) is 0 Å². The van der Waals surface area contributed by atoms with Crippen molar-refractivity contribution >= 4 is 23.3 Å². The van der Waals surface area contributed by atoms with E-state index in [9.17, 15) is 9.59 Å². The third-order valence-electron chi connectivity index (χ3n) is 3.77. The quantitative estimate of drug-likeness (QED) is 0.782. The first kappa shape index (κ1) is 12.0. The standard InChI is InChI=1S/C13H14N2O4/c1-15-10-3-2-7(13(17)18)4-9(10)14-12(16)8-5-19-6-11(8)15/h2-4,8,11H,5-6H2,1H3,(H,14,16)(H,17,18). The maximum atomic E-state index is 12.1. The number of hydrogen-bond acceptors (Lipinski definition) is 4. The summed E-state index contributed by atoms with van der Waals surface area (Å²) in [6.07, 6.45) is 0. The Balaban J connectivity index is 2.07. The fraction of sp³-hybridized carbons (Fsp3) is 0.385. The molecule has 100 valence electrons. The highest BCUT2D eigenvalue weighted by Gasteiger charge is 2.40. The Morgan fingerprint density at radius 1 is 1.47 bits per heavy atom. The van der Waals surface area contributed by atoms with E-state index in [1.165, 1.54) is 6.07 Å². The maximum absolute atomic E-state index is 12.1. The Kier molecular flexibility index (Phi) is 2.67. The molecule has 6 nitrogen and oxygen atoms in total. The lowest BCUT2D eigenvalue weighted by Gasteiger charge is -2.26. The molecule has 1 fully saturated rings. The van der Waals surface area contributed by atoms with Crippen LogP contribution in [0.5, 0.6) is 0 Å². The molecular weight excluding hydrogens is 248 g/mol. The molecule has 2 aliphatic rings. The summed E-state index contributed by atoms with van der Waals surface area (Å²) in [7, 11) is 1.89. The Labute approximate surface area is 110 Å². The summed E-state index contributed by atoms with van der Waals surface area (Å²) >= 11 is 0. The average molecular weight is 262 g/mol. The third-order valence-corrected chi connectivity index (χ3v) is 3.77. The van der Waals surface area contributed by atoms with Gasteiger partial charge < -0.3 is 20.1 Å². The predicted molar refractivity (Wildman–Crippen MR) is 68.5 cm³/mol. The Morgan fingerprint density at radius 3 is 3.00 bits per heavy atom. The van der Waals surface area contributed by atoms with Crippen LogP contribution in [0.25, 0.3) is 0 Å². The van der Waals surface area contributed by atoms with E-state index in [0.29, 0.717) is 18.9 Å². The molecule has 6 heteroatoms. The van der Waals surface area contributed by atoms with E-state index >= 15 is 0 Å². The number of fused-ring (bicyclic) bond motifs is 2. The van der Waals surface area contributed by atoms with Gasteiger partial charge in [0.25, 0.3) is 0 Å². The summed E-state index contributed by atoms with van der Waals surface area (Å²) in [6.45, 7) is 0.912. The zero-order valence-electron chi connectivity index (χ0n) is 10.4. The van der Waals surface area contributed by atoms with Gasteiger partial charge in [-0.25, -0.2) is 4.79 Å². The molecule has 2 heterocycles. The van der Waals surface area contributed by atoms with Crippen molar-refractivity contribution in [1.82, 2.24) is 0 Å². The molecule has 0 aromatic heterocycles. The number of carboxylic acid groups (broad SMARTS) is 1. The lowest BCUT2D eigenvalue weighted by atomic mass is 10.0. The summed E-state index contributed by atoms with van der Waals surface area (Å²) < 4.78 is 5.37. The third kappa shape index (κ3) is 1.84. The molecule has 19 heavy (non-hydrogen) atoms. The fourth-order valence-corrected chi connectivity index (χ4v) is 2.66. The second kappa shape index (κ2) is 4.24. The highest BCUT2D eigenvalue weighted by atomic mass is 16.5. The number of rotatable bonds is 1. The van der Waals surface area contributed by atoms with Crippen LogP contribution < -0.4 is 10.2 Å². The van der Waals surface area contributed by atoms with Gasteiger partial charge in [-0.15, -0.1) is 0 Å². The van der Waals surface area contributed by atoms with Crippen LogP contribution in [0.2, 0.25) is 0 Å². The van der Waals surface area contributed by atoms with Gasteiger partial charge in [0.2, 0.25) is 5.91 Å². The second-order valence-corrected chi connectivity index (χ2v) is 4.85. The van der Waals surface area contributed by atoms with Crippen LogP contribution in [-0.4, -0.2) is 43.3 Å². The second-order valence-electron chi connectivity index (χ2n) is 4.85. The molecule has 2 unspecified atom stereocenters. The molecule has 0 saturated carbocycles. The van der Waals surface area contributed by atoms with E-state index in [2.05, 4.69) is 5.32 Å². The SMILES string of the molecule is CN1c2ccc(C(=O)O)cc2NC(=O)C2COCC21. The number of benzene rings is 1. The normalized spacial score (nSPS) is 25.3. The highest BCUT2D eigenvalue weighted by molar-refractivity contribution is 6.00. The topological polar surface area (TPSA) is 78.9 Å². The van der Waals surface area contributed by atoms with Crippen LogP contribution in [0.1, 0.15) is 10.4 Å². The first-order valence-electron chi connectivity index (χ1n) is 6.06. The van der Waals surface area contributed by atoms with E-state index < -0.39 is 5.97 Å². The Morgan fingerprint density at radius 2 is 2.26 bits per heavy atom. The molecule has 3 rings (SSSR count). The van der Waals surface area contributed by atoms with Gasteiger partial charge in [0.15, 0.2) is 0 Å². The number of aromatic carboxylic acids is 1. The molecular formula is C13H14N2O4. The van der Waals surface area contributed by atoms with Crippen molar-refractivity contribution in [3.8, 4) is 0 Å². The first-order valence-corrected chi connectivity index (χ1v) is 6.06. The Hall–Kier alpha value is -2.08. The molecule has 0 bridgehead atoms. The molecule has 0 spiro atoms. The lowest BCUT2D eigenvalue weighted by Crippen LogP contribution is -2.40. The van der Waals surface area contributed by atoms with Crippen LogP contribution in [0, 0.1) is 5.92 Å². The number of anilines is 2. The minimum absolute atomic E-state index is 0.00284.